The first kappa shape index (κ1) is 17.2. The van der Waals surface area contributed by atoms with Gasteiger partial charge in [-0.1, -0.05) is 11.6 Å². The average Bonchev–Trinajstić information content (AvgIpc) is 2.93. The van der Waals surface area contributed by atoms with E-state index >= 15 is 0 Å². The second kappa shape index (κ2) is 7.43. The van der Waals surface area contributed by atoms with Gasteiger partial charge in [-0.3, -0.25) is 14.4 Å². The fourth-order valence-electron chi connectivity index (χ4n) is 2.23. The molecule has 0 spiro atoms. The van der Waals surface area contributed by atoms with Crippen molar-refractivity contribution in [2.75, 3.05) is 23.4 Å². The third-order valence-corrected chi connectivity index (χ3v) is 3.73. The van der Waals surface area contributed by atoms with Gasteiger partial charge in [0.25, 0.3) is 0 Å². The number of nitrogens with one attached hydrogen (secondary N) is 2. The Morgan fingerprint density at radius 3 is 2.70 bits per heavy atom. The summed E-state index contributed by atoms with van der Waals surface area (Å²) in [6, 6.07) is 4.19. The number of nitrogens with zero attached hydrogens (tertiary/aromatic N) is 1. The van der Waals surface area contributed by atoms with E-state index in [0.717, 1.165) is 6.42 Å². The van der Waals surface area contributed by atoms with Crippen molar-refractivity contribution >= 4 is 40.7 Å². The van der Waals surface area contributed by atoms with Crippen LogP contribution in [0.3, 0.4) is 0 Å². The van der Waals surface area contributed by atoms with Crippen LogP contribution in [0.1, 0.15) is 19.8 Å². The van der Waals surface area contributed by atoms with Crippen molar-refractivity contribution in [3.63, 3.8) is 0 Å². The molecular formula is C15H18ClN3O4. The average molecular weight is 340 g/mol. The second-order valence-electron chi connectivity index (χ2n) is 5.33. The van der Waals surface area contributed by atoms with Crippen LogP contribution in [-0.4, -0.2) is 42.0 Å². The molecule has 1 saturated heterocycles. The molecule has 7 nitrogen and oxygen atoms in total. The summed E-state index contributed by atoms with van der Waals surface area (Å²) in [5.74, 6) is -1.69. The van der Waals surface area contributed by atoms with E-state index in [-0.39, 0.29) is 12.5 Å². The molecule has 1 aliphatic heterocycles. The standard InChI is InChI=1S/C15H18ClN3O4/c1-9(8-20)17-14(22)15(23)18-10-4-5-12(11(16)7-10)19-6-2-3-13(19)21/h4-5,7,9,20H,2-3,6,8H2,1H3,(H,17,22)(H,18,23)/t9-/m0/s1. The van der Waals surface area contributed by atoms with Gasteiger partial charge in [0.15, 0.2) is 0 Å². The van der Waals surface area contributed by atoms with Crippen molar-refractivity contribution in [3.8, 4) is 0 Å². The maximum absolute atomic E-state index is 11.8. The molecule has 0 radical (unpaired) electrons. The lowest BCUT2D eigenvalue weighted by Crippen LogP contribution is -2.42. The topological polar surface area (TPSA) is 98.7 Å². The molecule has 23 heavy (non-hydrogen) atoms. The molecule has 1 fully saturated rings. The molecular weight excluding hydrogens is 322 g/mol. The molecule has 1 heterocycles. The fourth-order valence-corrected chi connectivity index (χ4v) is 2.51. The molecule has 2 rings (SSSR count). The summed E-state index contributed by atoms with van der Waals surface area (Å²) in [4.78, 5) is 36.7. The van der Waals surface area contributed by atoms with E-state index in [0.29, 0.717) is 29.4 Å². The molecule has 0 saturated carbocycles. The van der Waals surface area contributed by atoms with Crippen molar-refractivity contribution in [3.05, 3.63) is 23.2 Å². The minimum absolute atomic E-state index is 0.0149. The zero-order valence-electron chi connectivity index (χ0n) is 12.6. The van der Waals surface area contributed by atoms with E-state index in [4.69, 9.17) is 16.7 Å². The third kappa shape index (κ3) is 4.20. The van der Waals surface area contributed by atoms with Gasteiger partial charge < -0.3 is 20.6 Å². The number of halogens is 1. The summed E-state index contributed by atoms with van der Waals surface area (Å²) >= 11 is 6.17. The van der Waals surface area contributed by atoms with Crippen LogP contribution in [-0.2, 0) is 14.4 Å². The van der Waals surface area contributed by atoms with Crippen LogP contribution in [0.4, 0.5) is 11.4 Å². The Bertz CT molecular complexity index is 635. The molecule has 1 atom stereocenters. The molecule has 1 aromatic rings. The number of hydrogen-bond donors (Lipinski definition) is 3. The monoisotopic (exact) mass is 339 g/mol. The van der Waals surface area contributed by atoms with Gasteiger partial charge in [-0.15, -0.1) is 0 Å². The van der Waals surface area contributed by atoms with Gasteiger partial charge in [0.05, 0.1) is 17.3 Å². The van der Waals surface area contributed by atoms with E-state index in [1.807, 2.05) is 0 Å². The molecule has 124 valence electrons. The first-order chi connectivity index (χ1) is 10.9. The lowest BCUT2D eigenvalue weighted by molar-refractivity contribution is -0.136. The van der Waals surface area contributed by atoms with Gasteiger partial charge in [0.1, 0.15) is 0 Å². The van der Waals surface area contributed by atoms with Gasteiger partial charge in [-0.2, -0.15) is 0 Å². The van der Waals surface area contributed by atoms with Crippen molar-refractivity contribution in [2.24, 2.45) is 0 Å². The summed E-state index contributed by atoms with van der Waals surface area (Å²) in [7, 11) is 0. The van der Waals surface area contributed by atoms with E-state index in [1.54, 1.807) is 24.0 Å². The van der Waals surface area contributed by atoms with E-state index in [1.165, 1.54) is 6.07 Å². The van der Waals surface area contributed by atoms with Crippen LogP contribution in [0.25, 0.3) is 0 Å². The number of aliphatic hydroxyl groups is 1. The number of carbonyl (C=O) groups is 3. The van der Waals surface area contributed by atoms with Crippen LogP contribution in [0.15, 0.2) is 18.2 Å². The third-order valence-electron chi connectivity index (χ3n) is 3.43. The molecule has 3 amide bonds. The largest absolute Gasteiger partial charge is 0.394 e. The highest BCUT2D eigenvalue weighted by molar-refractivity contribution is 6.40. The van der Waals surface area contributed by atoms with Gasteiger partial charge in [-0.25, -0.2) is 0 Å². The molecule has 1 aromatic carbocycles. The Kier molecular flexibility index (Phi) is 5.57. The highest BCUT2D eigenvalue weighted by atomic mass is 35.5. The predicted molar refractivity (Wildman–Crippen MR) is 86.4 cm³/mol. The molecule has 1 aliphatic rings. The lowest BCUT2D eigenvalue weighted by Gasteiger charge is -2.18. The minimum Gasteiger partial charge on any atom is -0.394 e. The number of amides is 3. The van der Waals surface area contributed by atoms with Gasteiger partial charge in [-0.05, 0) is 31.5 Å². The number of benzene rings is 1. The fraction of sp³-hybridized carbons (Fsp3) is 0.400. The summed E-state index contributed by atoms with van der Waals surface area (Å²) in [5.41, 5.74) is 0.938. The van der Waals surface area contributed by atoms with Crippen molar-refractivity contribution < 1.29 is 19.5 Å². The van der Waals surface area contributed by atoms with Gasteiger partial charge in [0.2, 0.25) is 5.91 Å². The Morgan fingerprint density at radius 1 is 1.39 bits per heavy atom. The Balaban J connectivity index is 2.04. The number of rotatable bonds is 4. The zero-order chi connectivity index (χ0) is 17.0. The Hall–Kier alpha value is -2.12. The lowest BCUT2D eigenvalue weighted by atomic mass is 10.2. The highest BCUT2D eigenvalue weighted by Crippen LogP contribution is 2.31. The minimum atomic E-state index is -0.855. The molecule has 0 aromatic heterocycles. The Labute approximate surface area is 138 Å². The zero-order valence-corrected chi connectivity index (χ0v) is 13.4. The van der Waals surface area contributed by atoms with E-state index in [2.05, 4.69) is 10.6 Å². The van der Waals surface area contributed by atoms with Crippen molar-refractivity contribution in [1.82, 2.24) is 5.32 Å². The number of hydrogen-bond acceptors (Lipinski definition) is 4. The molecule has 0 unspecified atom stereocenters. The number of aliphatic hydroxyl groups excluding tert-OH is 1. The predicted octanol–water partition coefficient (Wildman–Crippen LogP) is 0.902. The summed E-state index contributed by atoms with van der Waals surface area (Å²) in [6.07, 6.45) is 1.29. The first-order valence-corrected chi connectivity index (χ1v) is 7.62. The summed E-state index contributed by atoms with van der Waals surface area (Å²) in [6.45, 7) is 1.93. The van der Waals surface area contributed by atoms with Crippen molar-refractivity contribution in [2.45, 2.75) is 25.8 Å². The first-order valence-electron chi connectivity index (χ1n) is 7.25. The Morgan fingerprint density at radius 2 is 2.13 bits per heavy atom. The van der Waals surface area contributed by atoms with E-state index < -0.39 is 17.9 Å². The van der Waals surface area contributed by atoms with Crippen LogP contribution in [0, 0.1) is 0 Å². The van der Waals surface area contributed by atoms with Crippen LogP contribution in [0.2, 0.25) is 5.02 Å². The number of carbonyl (C=O) groups excluding carboxylic acids is 3. The maximum atomic E-state index is 11.8. The maximum Gasteiger partial charge on any atom is 0.313 e. The van der Waals surface area contributed by atoms with Crippen LogP contribution in [0.5, 0.6) is 0 Å². The van der Waals surface area contributed by atoms with Gasteiger partial charge in [0, 0.05) is 24.7 Å². The molecule has 3 N–H and O–H groups in total. The van der Waals surface area contributed by atoms with Gasteiger partial charge >= 0.3 is 11.8 Å². The van der Waals surface area contributed by atoms with Crippen LogP contribution >= 0.6 is 11.6 Å². The number of anilines is 2. The normalized spacial score (nSPS) is 15.4. The SMILES string of the molecule is C[C@@H](CO)NC(=O)C(=O)Nc1ccc(N2CCCC2=O)c(Cl)c1. The van der Waals surface area contributed by atoms with Crippen LogP contribution < -0.4 is 15.5 Å². The molecule has 0 bridgehead atoms. The van der Waals surface area contributed by atoms with E-state index in [9.17, 15) is 14.4 Å². The summed E-state index contributed by atoms with van der Waals surface area (Å²) in [5, 5.41) is 13.9. The smallest absolute Gasteiger partial charge is 0.313 e. The molecule has 8 heteroatoms. The highest BCUT2D eigenvalue weighted by Gasteiger charge is 2.24. The molecule has 0 aliphatic carbocycles. The van der Waals surface area contributed by atoms with Crippen molar-refractivity contribution in [1.29, 1.82) is 0 Å². The second-order valence-corrected chi connectivity index (χ2v) is 5.73. The summed E-state index contributed by atoms with van der Waals surface area (Å²) < 4.78 is 0. The quantitative estimate of drug-likeness (QED) is 0.710.